The number of hydrogen-bond acceptors (Lipinski definition) is 4. The lowest BCUT2D eigenvalue weighted by atomic mass is 9.91. The van der Waals surface area contributed by atoms with Gasteiger partial charge in [0.2, 0.25) is 5.91 Å². The maximum Gasteiger partial charge on any atom is 0.242 e. The summed E-state index contributed by atoms with van der Waals surface area (Å²) in [6, 6.07) is 1.93. The molecule has 5 nitrogen and oxygen atoms in total. The van der Waals surface area contributed by atoms with Gasteiger partial charge in [0.05, 0.1) is 5.69 Å². The van der Waals surface area contributed by atoms with Gasteiger partial charge >= 0.3 is 0 Å². The minimum Gasteiger partial charge on any atom is -0.353 e. The zero-order valence-corrected chi connectivity index (χ0v) is 15.3. The summed E-state index contributed by atoms with van der Waals surface area (Å²) in [5.74, 6) is 2.12. The van der Waals surface area contributed by atoms with Crippen LogP contribution in [0.4, 0.5) is 5.82 Å². The van der Waals surface area contributed by atoms with Crippen LogP contribution in [0.5, 0.6) is 0 Å². The van der Waals surface area contributed by atoms with E-state index >= 15 is 0 Å². The Morgan fingerprint density at radius 3 is 2.61 bits per heavy atom. The second-order valence-corrected chi connectivity index (χ2v) is 7.66. The van der Waals surface area contributed by atoms with Crippen LogP contribution in [0.25, 0.3) is 0 Å². The Hall–Kier alpha value is -1.65. The molecule has 1 aromatic rings. The molecule has 0 bridgehead atoms. The number of nitrogens with zero attached hydrogens (tertiary/aromatic N) is 3. The summed E-state index contributed by atoms with van der Waals surface area (Å²) in [6.07, 6.45) is 1.82. The van der Waals surface area contributed by atoms with E-state index < -0.39 is 0 Å². The van der Waals surface area contributed by atoms with Gasteiger partial charge in [0, 0.05) is 30.5 Å². The predicted molar refractivity (Wildman–Crippen MR) is 93.9 cm³/mol. The van der Waals surface area contributed by atoms with Crippen molar-refractivity contribution in [2.45, 2.75) is 71.8 Å². The molecule has 0 aromatic carbocycles. The quantitative estimate of drug-likeness (QED) is 0.927. The summed E-state index contributed by atoms with van der Waals surface area (Å²) in [4.78, 5) is 24.0. The van der Waals surface area contributed by atoms with Crippen LogP contribution in [-0.2, 0) is 10.2 Å². The maximum absolute atomic E-state index is 12.3. The van der Waals surface area contributed by atoms with Crippen LogP contribution < -0.4 is 10.2 Å². The third kappa shape index (κ3) is 4.01. The first-order valence-corrected chi connectivity index (χ1v) is 8.67. The van der Waals surface area contributed by atoms with Crippen LogP contribution in [0, 0.1) is 0 Å². The number of piperazine rings is 1. The van der Waals surface area contributed by atoms with Crippen molar-refractivity contribution in [3.05, 3.63) is 17.6 Å². The molecule has 1 fully saturated rings. The van der Waals surface area contributed by atoms with E-state index in [1.807, 2.05) is 0 Å². The first-order chi connectivity index (χ1) is 10.7. The molecule has 0 radical (unpaired) electrons. The Morgan fingerprint density at radius 2 is 2.04 bits per heavy atom. The van der Waals surface area contributed by atoms with Crippen molar-refractivity contribution in [2.24, 2.45) is 0 Å². The molecule has 1 N–H and O–H groups in total. The average molecular weight is 318 g/mol. The van der Waals surface area contributed by atoms with E-state index in [0.29, 0.717) is 6.54 Å². The van der Waals surface area contributed by atoms with E-state index in [4.69, 9.17) is 9.97 Å². The highest BCUT2D eigenvalue weighted by atomic mass is 16.2. The van der Waals surface area contributed by atoms with E-state index in [0.717, 1.165) is 36.7 Å². The summed E-state index contributed by atoms with van der Waals surface area (Å²) < 4.78 is 0. The SMILES string of the molecule is CCCC1C(=O)NCCN1c1cc(C(C)(C)C)nc(C(C)C)n1. The van der Waals surface area contributed by atoms with Gasteiger partial charge in [0.15, 0.2) is 0 Å². The number of aromatic nitrogens is 2. The van der Waals surface area contributed by atoms with Crippen LogP contribution >= 0.6 is 0 Å². The second kappa shape index (κ2) is 6.85. The number of nitrogens with one attached hydrogen (secondary N) is 1. The molecule has 1 saturated heterocycles. The Labute approximate surface area is 139 Å². The lowest BCUT2D eigenvalue weighted by molar-refractivity contribution is -0.123. The molecule has 1 atom stereocenters. The number of carbonyl (C=O) groups excluding carboxylic acids is 1. The molecule has 2 rings (SSSR count). The smallest absolute Gasteiger partial charge is 0.242 e. The summed E-state index contributed by atoms with van der Waals surface area (Å²) in [7, 11) is 0. The van der Waals surface area contributed by atoms with Gasteiger partial charge in [-0.1, -0.05) is 48.0 Å². The van der Waals surface area contributed by atoms with E-state index in [9.17, 15) is 4.79 Å². The Bertz CT molecular complexity index is 563. The lowest BCUT2D eigenvalue weighted by Crippen LogP contribution is -2.55. The van der Waals surface area contributed by atoms with Crippen LogP contribution in [0.1, 0.15) is 71.8 Å². The molecule has 1 aliphatic rings. The molecule has 1 aliphatic heterocycles. The van der Waals surface area contributed by atoms with Crippen molar-refractivity contribution in [3.63, 3.8) is 0 Å². The number of carbonyl (C=O) groups is 1. The van der Waals surface area contributed by atoms with Gasteiger partial charge in [-0.2, -0.15) is 0 Å². The Morgan fingerprint density at radius 1 is 1.35 bits per heavy atom. The van der Waals surface area contributed by atoms with Gasteiger partial charge in [0.25, 0.3) is 0 Å². The van der Waals surface area contributed by atoms with Gasteiger partial charge in [-0.25, -0.2) is 9.97 Å². The molecule has 128 valence electrons. The van der Waals surface area contributed by atoms with Gasteiger partial charge in [0.1, 0.15) is 17.7 Å². The first kappa shape index (κ1) is 17.7. The van der Waals surface area contributed by atoms with E-state index in [1.165, 1.54) is 0 Å². The predicted octanol–water partition coefficient (Wildman–Crippen LogP) is 3.00. The summed E-state index contributed by atoms with van der Waals surface area (Å²) in [6.45, 7) is 14.3. The highest BCUT2D eigenvalue weighted by molar-refractivity contribution is 5.86. The van der Waals surface area contributed by atoms with Crippen LogP contribution in [0.2, 0.25) is 0 Å². The first-order valence-electron chi connectivity index (χ1n) is 8.67. The second-order valence-electron chi connectivity index (χ2n) is 7.66. The molecule has 1 aromatic heterocycles. The molecule has 1 amide bonds. The van der Waals surface area contributed by atoms with Crippen LogP contribution in [0.15, 0.2) is 6.07 Å². The number of anilines is 1. The summed E-state index contributed by atoms with van der Waals surface area (Å²) in [5, 5.41) is 2.97. The molecule has 2 heterocycles. The standard InChI is InChI=1S/C18H30N4O/c1-7-8-13-17(23)19-9-10-22(13)15-11-14(18(4,5)6)20-16(21-15)12(2)3/h11-13H,7-10H2,1-6H3,(H,19,23). The van der Waals surface area contributed by atoms with Gasteiger partial charge in [-0.3, -0.25) is 4.79 Å². The fraction of sp³-hybridized carbons (Fsp3) is 0.722. The zero-order valence-electron chi connectivity index (χ0n) is 15.3. The topological polar surface area (TPSA) is 58.1 Å². The average Bonchev–Trinajstić information content (AvgIpc) is 2.48. The highest BCUT2D eigenvalue weighted by Gasteiger charge is 2.31. The van der Waals surface area contributed by atoms with E-state index in [-0.39, 0.29) is 23.3 Å². The molecule has 5 heteroatoms. The van der Waals surface area contributed by atoms with Crippen LogP contribution in [0.3, 0.4) is 0 Å². The summed E-state index contributed by atoms with van der Waals surface area (Å²) in [5.41, 5.74) is 0.993. The zero-order chi connectivity index (χ0) is 17.2. The molecule has 0 saturated carbocycles. The molecule has 23 heavy (non-hydrogen) atoms. The molecule has 0 aliphatic carbocycles. The lowest BCUT2D eigenvalue weighted by Gasteiger charge is -2.36. The monoisotopic (exact) mass is 318 g/mol. The van der Waals surface area contributed by atoms with Crippen molar-refractivity contribution in [1.82, 2.24) is 15.3 Å². The van der Waals surface area contributed by atoms with Crippen molar-refractivity contribution in [1.29, 1.82) is 0 Å². The molecule has 1 unspecified atom stereocenters. The van der Waals surface area contributed by atoms with E-state index in [2.05, 4.69) is 57.8 Å². The van der Waals surface area contributed by atoms with Crippen molar-refractivity contribution in [3.8, 4) is 0 Å². The van der Waals surface area contributed by atoms with Gasteiger partial charge < -0.3 is 10.2 Å². The largest absolute Gasteiger partial charge is 0.353 e. The Kier molecular flexibility index (Phi) is 5.27. The molecular weight excluding hydrogens is 288 g/mol. The fourth-order valence-corrected chi connectivity index (χ4v) is 2.79. The maximum atomic E-state index is 12.3. The Balaban J connectivity index is 2.47. The minimum atomic E-state index is -0.128. The van der Waals surface area contributed by atoms with Gasteiger partial charge in [-0.15, -0.1) is 0 Å². The van der Waals surface area contributed by atoms with Crippen molar-refractivity contribution < 1.29 is 4.79 Å². The van der Waals surface area contributed by atoms with Crippen molar-refractivity contribution in [2.75, 3.05) is 18.0 Å². The number of rotatable bonds is 4. The minimum absolute atomic E-state index is 0.0420. The molecular formula is C18H30N4O. The number of amides is 1. The normalized spacial score (nSPS) is 19.2. The van der Waals surface area contributed by atoms with E-state index in [1.54, 1.807) is 0 Å². The highest BCUT2D eigenvalue weighted by Crippen LogP contribution is 2.28. The summed E-state index contributed by atoms with van der Waals surface area (Å²) >= 11 is 0. The van der Waals surface area contributed by atoms with Gasteiger partial charge in [-0.05, 0) is 6.42 Å². The molecule has 0 spiro atoms. The number of hydrogen-bond donors (Lipinski definition) is 1. The third-order valence-corrected chi connectivity index (χ3v) is 4.20. The van der Waals surface area contributed by atoms with Crippen molar-refractivity contribution >= 4 is 11.7 Å². The third-order valence-electron chi connectivity index (χ3n) is 4.20. The fourth-order valence-electron chi connectivity index (χ4n) is 2.79. The van der Waals surface area contributed by atoms with Crippen LogP contribution in [-0.4, -0.2) is 35.0 Å².